The molecule has 0 fully saturated rings. The second-order valence-electron chi connectivity index (χ2n) is 4.80. The number of aryl methyl sites for hydroxylation is 1. The molecule has 0 atom stereocenters. The fraction of sp³-hybridized carbons (Fsp3) is 0.176. The molecule has 0 aliphatic heterocycles. The van der Waals surface area contributed by atoms with Gasteiger partial charge in [0.25, 0.3) is 5.91 Å². The number of carbonyl (C=O) groups excluding carboxylic acids is 1. The number of aromatic nitrogens is 1. The van der Waals surface area contributed by atoms with E-state index in [2.05, 4.69) is 42.1 Å². The highest BCUT2D eigenvalue weighted by Crippen LogP contribution is 2.22. The van der Waals surface area contributed by atoms with Crippen LogP contribution >= 0.6 is 0 Å². The third-order valence-corrected chi connectivity index (χ3v) is 3.28. The molecule has 0 radical (unpaired) electrons. The number of nitrogens with one attached hydrogen (secondary N) is 2. The normalized spacial score (nSPS) is 10.0. The number of anilines is 2. The van der Waals surface area contributed by atoms with Crippen LogP contribution in [0.15, 0.2) is 49.2 Å². The predicted molar refractivity (Wildman–Crippen MR) is 86.0 cm³/mol. The lowest BCUT2D eigenvalue weighted by Gasteiger charge is -2.12. The number of amides is 1. The lowest BCUT2D eigenvalue weighted by Crippen LogP contribution is -2.24. The second-order valence-corrected chi connectivity index (χ2v) is 4.80. The molecule has 2 N–H and O–H groups in total. The molecule has 108 valence electrons. The Labute approximate surface area is 124 Å². The third kappa shape index (κ3) is 3.69. The number of carbonyl (C=O) groups is 1. The monoisotopic (exact) mass is 281 g/mol. The Bertz CT molecular complexity index is 665. The van der Waals surface area contributed by atoms with Crippen LogP contribution in [0.1, 0.15) is 21.6 Å². The van der Waals surface area contributed by atoms with Gasteiger partial charge in [-0.15, -0.1) is 6.58 Å². The van der Waals surface area contributed by atoms with Gasteiger partial charge in [0.1, 0.15) is 5.69 Å². The molecule has 4 heteroatoms. The molecule has 1 amide bonds. The van der Waals surface area contributed by atoms with Crippen LogP contribution in [-0.4, -0.2) is 17.4 Å². The summed E-state index contributed by atoms with van der Waals surface area (Å²) in [7, 11) is 0. The topological polar surface area (TPSA) is 54.0 Å². The summed E-state index contributed by atoms with van der Waals surface area (Å²) in [6.45, 7) is 8.13. The van der Waals surface area contributed by atoms with Crippen LogP contribution in [0.5, 0.6) is 0 Å². The summed E-state index contributed by atoms with van der Waals surface area (Å²) in [4.78, 5) is 16.0. The van der Waals surface area contributed by atoms with Crippen molar-refractivity contribution in [3.05, 3.63) is 66.0 Å². The maximum atomic E-state index is 11.9. The van der Waals surface area contributed by atoms with Gasteiger partial charge in [-0.2, -0.15) is 0 Å². The third-order valence-electron chi connectivity index (χ3n) is 3.28. The number of rotatable bonds is 5. The van der Waals surface area contributed by atoms with Gasteiger partial charge in [-0.3, -0.25) is 9.78 Å². The summed E-state index contributed by atoms with van der Waals surface area (Å²) < 4.78 is 0. The van der Waals surface area contributed by atoms with Crippen molar-refractivity contribution in [3.8, 4) is 0 Å². The summed E-state index contributed by atoms with van der Waals surface area (Å²) in [5.74, 6) is -0.209. The minimum absolute atomic E-state index is 0.209. The van der Waals surface area contributed by atoms with Crippen molar-refractivity contribution < 1.29 is 4.79 Å². The fourth-order valence-electron chi connectivity index (χ4n) is 1.93. The number of hydrogen-bond acceptors (Lipinski definition) is 3. The molecule has 1 aromatic carbocycles. The zero-order valence-corrected chi connectivity index (χ0v) is 12.3. The summed E-state index contributed by atoms with van der Waals surface area (Å²) in [5.41, 5.74) is 4.65. The van der Waals surface area contributed by atoms with Crippen molar-refractivity contribution in [2.45, 2.75) is 13.8 Å². The van der Waals surface area contributed by atoms with Crippen molar-refractivity contribution >= 4 is 17.3 Å². The van der Waals surface area contributed by atoms with E-state index in [1.54, 1.807) is 18.3 Å². The van der Waals surface area contributed by atoms with Gasteiger partial charge in [-0.05, 0) is 43.2 Å². The zero-order chi connectivity index (χ0) is 15.2. The Kier molecular flexibility index (Phi) is 4.72. The predicted octanol–water partition coefficient (Wildman–Crippen LogP) is 3.36. The van der Waals surface area contributed by atoms with Gasteiger partial charge < -0.3 is 10.6 Å². The van der Waals surface area contributed by atoms with Crippen molar-refractivity contribution in [1.29, 1.82) is 0 Å². The smallest absolute Gasteiger partial charge is 0.270 e. The summed E-state index contributed by atoms with van der Waals surface area (Å²) in [6, 6.07) is 9.66. The Hall–Kier alpha value is -2.62. The Morgan fingerprint density at radius 1 is 1.33 bits per heavy atom. The summed E-state index contributed by atoms with van der Waals surface area (Å²) >= 11 is 0. The molecule has 0 unspecified atom stereocenters. The van der Waals surface area contributed by atoms with Crippen LogP contribution in [-0.2, 0) is 0 Å². The van der Waals surface area contributed by atoms with Crippen LogP contribution < -0.4 is 10.6 Å². The van der Waals surface area contributed by atoms with Gasteiger partial charge in [0.2, 0.25) is 0 Å². The minimum atomic E-state index is -0.209. The Balaban J connectivity index is 2.19. The van der Waals surface area contributed by atoms with Crippen molar-refractivity contribution in [2.24, 2.45) is 0 Å². The molecule has 0 saturated carbocycles. The largest absolute Gasteiger partial charge is 0.355 e. The quantitative estimate of drug-likeness (QED) is 0.826. The van der Waals surface area contributed by atoms with E-state index < -0.39 is 0 Å². The highest BCUT2D eigenvalue weighted by Gasteiger charge is 2.07. The van der Waals surface area contributed by atoms with E-state index in [-0.39, 0.29) is 5.91 Å². The molecule has 0 bridgehead atoms. The first kappa shape index (κ1) is 14.8. The Morgan fingerprint density at radius 3 is 2.90 bits per heavy atom. The zero-order valence-electron chi connectivity index (χ0n) is 12.3. The van der Waals surface area contributed by atoms with Crippen LogP contribution in [0.4, 0.5) is 11.4 Å². The maximum Gasteiger partial charge on any atom is 0.270 e. The molecule has 21 heavy (non-hydrogen) atoms. The van der Waals surface area contributed by atoms with Crippen LogP contribution in [0, 0.1) is 13.8 Å². The second kappa shape index (κ2) is 6.70. The van der Waals surface area contributed by atoms with E-state index in [4.69, 9.17) is 0 Å². The van der Waals surface area contributed by atoms with Gasteiger partial charge in [0.15, 0.2) is 0 Å². The van der Waals surface area contributed by atoms with Gasteiger partial charge in [-0.25, -0.2) is 0 Å². The van der Waals surface area contributed by atoms with E-state index in [0.29, 0.717) is 12.2 Å². The number of nitrogens with zero attached hydrogens (tertiary/aromatic N) is 1. The van der Waals surface area contributed by atoms with Crippen molar-refractivity contribution in [3.63, 3.8) is 0 Å². The van der Waals surface area contributed by atoms with Gasteiger partial charge in [0, 0.05) is 24.1 Å². The fourth-order valence-corrected chi connectivity index (χ4v) is 1.93. The molecule has 1 aromatic heterocycles. The molecule has 1 heterocycles. The molecule has 0 saturated heterocycles. The van der Waals surface area contributed by atoms with Crippen LogP contribution in [0.3, 0.4) is 0 Å². The number of benzene rings is 1. The average molecular weight is 281 g/mol. The van der Waals surface area contributed by atoms with Gasteiger partial charge >= 0.3 is 0 Å². The molecule has 2 aromatic rings. The summed E-state index contributed by atoms with van der Waals surface area (Å²) in [6.07, 6.45) is 3.26. The maximum absolute atomic E-state index is 11.9. The molecule has 2 rings (SSSR count). The standard InChI is InChI=1S/C17H19N3O/c1-4-9-19-17(21)16-11-14(8-10-18-16)20-15-7-5-6-12(2)13(15)3/h4-8,10-11H,1,9H2,2-3H3,(H,18,20)(H,19,21). The lowest BCUT2D eigenvalue weighted by molar-refractivity contribution is 0.0953. The highest BCUT2D eigenvalue weighted by molar-refractivity contribution is 5.93. The first-order chi connectivity index (χ1) is 10.1. The molecular weight excluding hydrogens is 262 g/mol. The minimum Gasteiger partial charge on any atom is -0.355 e. The molecular formula is C17H19N3O. The van der Waals surface area contributed by atoms with E-state index in [1.165, 1.54) is 11.1 Å². The van der Waals surface area contributed by atoms with E-state index in [9.17, 15) is 4.79 Å². The highest BCUT2D eigenvalue weighted by atomic mass is 16.1. The average Bonchev–Trinajstić information content (AvgIpc) is 2.50. The van der Waals surface area contributed by atoms with Crippen molar-refractivity contribution in [2.75, 3.05) is 11.9 Å². The van der Waals surface area contributed by atoms with Gasteiger partial charge in [0.05, 0.1) is 0 Å². The first-order valence-corrected chi connectivity index (χ1v) is 6.80. The van der Waals surface area contributed by atoms with Gasteiger partial charge in [-0.1, -0.05) is 18.2 Å². The molecule has 0 aliphatic carbocycles. The summed E-state index contributed by atoms with van der Waals surface area (Å²) in [5, 5.41) is 6.04. The first-order valence-electron chi connectivity index (χ1n) is 6.80. The van der Waals surface area contributed by atoms with Crippen LogP contribution in [0.2, 0.25) is 0 Å². The van der Waals surface area contributed by atoms with E-state index in [0.717, 1.165) is 11.4 Å². The number of pyridine rings is 1. The Morgan fingerprint density at radius 2 is 2.14 bits per heavy atom. The molecule has 0 spiro atoms. The number of hydrogen-bond donors (Lipinski definition) is 2. The van der Waals surface area contributed by atoms with Crippen molar-refractivity contribution in [1.82, 2.24) is 10.3 Å². The molecule has 4 nitrogen and oxygen atoms in total. The molecule has 0 aliphatic rings. The van der Waals surface area contributed by atoms with Crippen LogP contribution in [0.25, 0.3) is 0 Å². The van der Waals surface area contributed by atoms with E-state index in [1.807, 2.05) is 18.2 Å². The van der Waals surface area contributed by atoms with E-state index >= 15 is 0 Å². The SMILES string of the molecule is C=CCNC(=O)c1cc(Nc2cccc(C)c2C)ccn1. The lowest BCUT2D eigenvalue weighted by atomic mass is 10.1.